The van der Waals surface area contributed by atoms with E-state index in [0.29, 0.717) is 0 Å². The zero-order chi connectivity index (χ0) is 33.7. The monoisotopic (exact) mass is 650 g/mol. The lowest BCUT2D eigenvalue weighted by molar-refractivity contribution is 0.658. The van der Waals surface area contributed by atoms with Crippen LogP contribution in [-0.2, 0) is 0 Å². The van der Waals surface area contributed by atoms with Crippen LogP contribution in [0.3, 0.4) is 0 Å². The van der Waals surface area contributed by atoms with E-state index in [2.05, 4.69) is 188 Å². The molecular formula is C50H34O. The van der Waals surface area contributed by atoms with Crippen LogP contribution in [0.2, 0.25) is 0 Å². The molecule has 0 fully saturated rings. The number of allylic oxidation sites excluding steroid dienone is 4. The quantitative estimate of drug-likeness (QED) is 0.181. The summed E-state index contributed by atoms with van der Waals surface area (Å²) in [6.07, 6.45) is 7.73. The minimum atomic E-state index is 0.140. The van der Waals surface area contributed by atoms with E-state index in [9.17, 15) is 0 Å². The molecule has 0 radical (unpaired) electrons. The fourth-order valence-electron chi connectivity index (χ4n) is 8.25. The number of para-hydroxylation sites is 1. The number of hydrogen-bond acceptors (Lipinski definition) is 1. The number of hydrogen-bond donors (Lipinski definition) is 0. The molecule has 240 valence electrons. The first-order valence-corrected chi connectivity index (χ1v) is 17.8. The molecule has 0 N–H and O–H groups in total. The number of rotatable bonds is 5. The molecule has 8 aromatic carbocycles. The van der Waals surface area contributed by atoms with Gasteiger partial charge >= 0.3 is 0 Å². The fourth-order valence-corrected chi connectivity index (χ4v) is 8.25. The minimum Gasteiger partial charge on any atom is -0.456 e. The standard InChI is InChI=1S/C50H34O/c1-3-14-33(15-4-1)36-30-37(32-38(31-36)41-28-27-40(34-16-5-2-6-17-34)43-21-11-12-22-44(41)43)39-19-9-10-23-45(39)46-24-13-25-47-49-42-20-8-7-18-35(42)26-29-48(49)51-50(46)47/h1-22,24-32,45H,23H2. The van der Waals surface area contributed by atoms with Gasteiger partial charge in [-0.25, -0.2) is 0 Å². The average Bonchev–Trinajstić information content (AvgIpc) is 3.61. The topological polar surface area (TPSA) is 13.1 Å². The van der Waals surface area contributed by atoms with Gasteiger partial charge in [0.1, 0.15) is 11.2 Å². The highest BCUT2D eigenvalue weighted by Crippen LogP contribution is 2.46. The first kappa shape index (κ1) is 29.5. The zero-order valence-electron chi connectivity index (χ0n) is 28.1. The summed E-state index contributed by atoms with van der Waals surface area (Å²) in [6.45, 7) is 0. The Labute approximate surface area is 297 Å². The number of fused-ring (bicyclic) bond motifs is 6. The Hall–Kier alpha value is -6.44. The summed E-state index contributed by atoms with van der Waals surface area (Å²) in [5.41, 5.74) is 13.0. The molecule has 1 unspecified atom stereocenters. The SMILES string of the molecule is C1=CCC(c2cccc3c2oc2ccc4ccccc4c23)C(c2cc(-c3ccccc3)cc(-c3ccc(-c4ccccc4)c4ccccc34)c2)=C1. The van der Waals surface area contributed by atoms with Crippen molar-refractivity contribution in [3.8, 4) is 33.4 Å². The molecule has 0 saturated heterocycles. The molecule has 10 rings (SSSR count). The van der Waals surface area contributed by atoms with Gasteiger partial charge in [0.2, 0.25) is 0 Å². The molecule has 0 saturated carbocycles. The summed E-state index contributed by atoms with van der Waals surface area (Å²) in [7, 11) is 0. The molecule has 9 aromatic rings. The maximum absolute atomic E-state index is 6.76. The minimum absolute atomic E-state index is 0.140. The van der Waals surface area contributed by atoms with Crippen LogP contribution in [0.1, 0.15) is 23.5 Å². The van der Waals surface area contributed by atoms with Crippen LogP contribution >= 0.6 is 0 Å². The summed E-state index contributed by atoms with van der Waals surface area (Å²) >= 11 is 0. The molecule has 1 aromatic heterocycles. The lowest BCUT2D eigenvalue weighted by Crippen LogP contribution is -2.05. The molecule has 1 heteroatoms. The van der Waals surface area contributed by atoms with E-state index in [1.165, 1.54) is 82.4 Å². The Kier molecular flexibility index (Phi) is 7.03. The van der Waals surface area contributed by atoms with E-state index in [1.54, 1.807) is 0 Å². The second-order valence-electron chi connectivity index (χ2n) is 13.6. The summed E-state index contributed by atoms with van der Waals surface area (Å²) in [5.74, 6) is 0.140. The third-order valence-corrected chi connectivity index (χ3v) is 10.6. The maximum Gasteiger partial charge on any atom is 0.139 e. The van der Waals surface area contributed by atoms with Gasteiger partial charge < -0.3 is 4.42 Å². The van der Waals surface area contributed by atoms with E-state index in [0.717, 1.165) is 17.6 Å². The number of furan rings is 1. The molecule has 51 heavy (non-hydrogen) atoms. The molecule has 1 nitrogen and oxygen atoms in total. The first-order chi connectivity index (χ1) is 25.3. The summed E-state index contributed by atoms with van der Waals surface area (Å²) in [5, 5.41) is 7.35. The van der Waals surface area contributed by atoms with Gasteiger partial charge in [0, 0.05) is 22.3 Å². The highest BCUT2D eigenvalue weighted by Gasteiger charge is 2.25. The van der Waals surface area contributed by atoms with Gasteiger partial charge in [-0.1, -0.05) is 164 Å². The first-order valence-electron chi connectivity index (χ1n) is 17.8. The van der Waals surface area contributed by atoms with Gasteiger partial charge in [0.05, 0.1) is 0 Å². The summed E-state index contributed by atoms with van der Waals surface area (Å²) < 4.78 is 6.76. The molecule has 1 aliphatic carbocycles. The largest absolute Gasteiger partial charge is 0.456 e. The molecule has 1 aliphatic rings. The van der Waals surface area contributed by atoms with Crippen molar-refractivity contribution in [1.29, 1.82) is 0 Å². The molecule has 1 heterocycles. The van der Waals surface area contributed by atoms with Crippen molar-refractivity contribution in [2.45, 2.75) is 12.3 Å². The van der Waals surface area contributed by atoms with Crippen molar-refractivity contribution >= 4 is 49.1 Å². The maximum atomic E-state index is 6.76. The van der Waals surface area contributed by atoms with E-state index in [4.69, 9.17) is 4.42 Å². The molecule has 0 aliphatic heterocycles. The Morgan fingerprint density at radius 1 is 0.451 bits per heavy atom. The van der Waals surface area contributed by atoms with Crippen molar-refractivity contribution in [3.63, 3.8) is 0 Å². The normalized spacial score (nSPS) is 14.4. The highest BCUT2D eigenvalue weighted by atomic mass is 16.3. The Balaban J connectivity index is 1.17. The van der Waals surface area contributed by atoms with E-state index in [-0.39, 0.29) is 5.92 Å². The van der Waals surface area contributed by atoms with Crippen molar-refractivity contribution in [2.24, 2.45) is 0 Å². The third kappa shape index (κ3) is 5.01. The van der Waals surface area contributed by atoms with E-state index < -0.39 is 0 Å². The van der Waals surface area contributed by atoms with Crippen molar-refractivity contribution in [1.82, 2.24) is 0 Å². The van der Waals surface area contributed by atoms with Crippen LogP contribution in [0.4, 0.5) is 0 Å². The Morgan fingerprint density at radius 2 is 1.08 bits per heavy atom. The number of benzene rings is 8. The van der Waals surface area contributed by atoms with Gasteiger partial charge in [-0.2, -0.15) is 0 Å². The predicted octanol–water partition coefficient (Wildman–Crippen LogP) is 14.0. The van der Waals surface area contributed by atoms with Crippen molar-refractivity contribution in [3.05, 3.63) is 199 Å². The second-order valence-corrected chi connectivity index (χ2v) is 13.6. The van der Waals surface area contributed by atoms with Crippen LogP contribution in [0.5, 0.6) is 0 Å². The van der Waals surface area contributed by atoms with Gasteiger partial charge in [0.25, 0.3) is 0 Å². The van der Waals surface area contributed by atoms with Gasteiger partial charge in [0.15, 0.2) is 0 Å². The lowest BCUT2D eigenvalue weighted by Gasteiger charge is -2.24. The fraction of sp³-hybridized carbons (Fsp3) is 0.0400. The molecule has 0 spiro atoms. The molecule has 1 atom stereocenters. The van der Waals surface area contributed by atoms with Crippen LogP contribution in [0.15, 0.2) is 193 Å². The highest BCUT2D eigenvalue weighted by molar-refractivity contribution is 6.19. The zero-order valence-corrected chi connectivity index (χ0v) is 28.1. The smallest absolute Gasteiger partial charge is 0.139 e. The molecule has 0 bridgehead atoms. The van der Waals surface area contributed by atoms with Crippen LogP contribution in [0.25, 0.3) is 82.4 Å². The third-order valence-electron chi connectivity index (χ3n) is 10.6. The van der Waals surface area contributed by atoms with E-state index >= 15 is 0 Å². The Bertz CT molecular complexity index is 2820. The lowest BCUT2D eigenvalue weighted by atomic mass is 9.79. The molecule has 0 amide bonds. The van der Waals surface area contributed by atoms with Crippen LogP contribution in [-0.4, -0.2) is 0 Å². The van der Waals surface area contributed by atoms with E-state index in [1.807, 2.05) is 0 Å². The average molecular weight is 651 g/mol. The molecular weight excluding hydrogens is 617 g/mol. The van der Waals surface area contributed by atoms with Crippen LogP contribution in [0, 0.1) is 0 Å². The summed E-state index contributed by atoms with van der Waals surface area (Å²) in [4.78, 5) is 0. The second kappa shape index (κ2) is 12.2. The predicted molar refractivity (Wildman–Crippen MR) is 216 cm³/mol. The van der Waals surface area contributed by atoms with Crippen LogP contribution < -0.4 is 0 Å². The Morgan fingerprint density at radius 3 is 1.86 bits per heavy atom. The summed E-state index contributed by atoms with van der Waals surface area (Å²) in [6, 6.07) is 61.6. The van der Waals surface area contributed by atoms with Gasteiger partial charge in [-0.15, -0.1) is 0 Å². The van der Waals surface area contributed by atoms with Crippen molar-refractivity contribution in [2.75, 3.05) is 0 Å². The van der Waals surface area contributed by atoms with Gasteiger partial charge in [-0.05, 0) is 96.7 Å². The van der Waals surface area contributed by atoms with Gasteiger partial charge in [-0.3, -0.25) is 0 Å². The van der Waals surface area contributed by atoms with Crippen molar-refractivity contribution < 1.29 is 4.42 Å².